The molecule has 0 saturated heterocycles. The molecule has 1 aliphatic carbocycles. The number of aliphatic imine (C=N–C) groups is 1. The highest BCUT2D eigenvalue weighted by molar-refractivity contribution is 6.00. The van der Waals surface area contributed by atoms with Crippen molar-refractivity contribution in [3.8, 4) is 0 Å². The Morgan fingerprint density at radius 2 is 2.46 bits per heavy atom. The zero-order valence-electron chi connectivity index (χ0n) is 8.20. The van der Waals surface area contributed by atoms with E-state index in [1.165, 1.54) is 0 Å². The van der Waals surface area contributed by atoms with Crippen LogP contribution in [-0.4, -0.2) is 5.84 Å². The molecule has 1 unspecified atom stereocenters. The largest absolute Gasteiger partial charge is 0.383 e. The van der Waals surface area contributed by atoms with Gasteiger partial charge in [-0.15, -0.1) is 0 Å². The molecule has 0 radical (unpaired) electrons. The maximum atomic E-state index is 5.76. The fourth-order valence-electron chi connectivity index (χ4n) is 1.15. The van der Waals surface area contributed by atoms with E-state index in [4.69, 9.17) is 5.73 Å². The summed E-state index contributed by atoms with van der Waals surface area (Å²) in [6.07, 6.45) is 11.0. The van der Waals surface area contributed by atoms with Crippen LogP contribution in [-0.2, 0) is 0 Å². The quantitative estimate of drug-likeness (QED) is 0.509. The van der Waals surface area contributed by atoms with E-state index in [9.17, 15) is 0 Å². The Morgan fingerprint density at radius 3 is 3.00 bits per heavy atom. The van der Waals surface area contributed by atoms with E-state index in [1.54, 1.807) is 6.20 Å². The predicted octanol–water partition coefficient (Wildman–Crippen LogP) is 2.40. The van der Waals surface area contributed by atoms with Crippen LogP contribution >= 0.6 is 0 Å². The molecule has 1 atom stereocenters. The monoisotopic (exact) mass is 176 g/mol. The number of nitrogens with two attached hydrogens (primary N) is 1. The fourth-order valence-corrected chi connectivity index (χ4v) is 1.15. The number of rotatable bonds is 2. The molecule has 0 amide bonds. The lowest BCUT2D eigenvalue weighted by Gasteiger charge is -2.10. The molecule has 13 heavy (non-hydrogen) atoms. The average Bonchev–Trinajstić information content (AvgIpc) is 2.15. The lowest BCUT2D eigenvalue weighted by Crippen LogP contribution is -2.15. The lowest BCUT2D eigenvalue weighted by molar-refractivity contribution is 0.734. The smallest absolute Gasteiger partial charge is 0.130 e. The molecule has 2 heteroatoms. The number of nitrogens with zero attached hydrogens (tertiary/aromatic N) is 1. The van der Waals surface area contributed by atoms with Crippen LogP contribution in [0.1, 0.15) is 20.3 Å². The molecular formula is C11H16N2. The van der Waals surface area contributed by atoms with Gasteiger partial charge >= 0.3 is 0 Å². The summed E-state index contributed by atoms with van der Waals surface area (Å²) in [5, 5.41) is 0. The third-order valence-corrected chi connectivity index (χ3v) is 1.97. The molecule has 0 aromatic rings. The van der Waals surface area contributed by atoms with Gasteiger partial charge in [0.2, 0.25) is 0 Å². The molecule has 0 fully saturated rings. The molecule has 0 aliphatic heterocycles. The van der Waals surface area contributed by atoms with E-state index in [1.807, 2.05) is 19.1 Å². The van der Waals surface area contributed by atoms with Gasteiger partial charge in [0.05, 0.1) is 0 Å². The summed E-state index contributed by atoms with van der Waals surface area (Å²) in [7, 11) is 0. The summed E-state index contributed by atoms with van der Waals surface area (Å²) >= 11 is 0. The molecule has 0 heterocycles. The van der Waals surface area contributed by atoms with Gasteiger partial charge in [-0.3, -0.25) is 0 Å². The van der Waals surface area contributed by atoms with Crippen LogP contribution < -0.4 is 5.73 Å². The molecule has 0 aromatic heterocycles. The fraction of sp³-hybridized carbons (Fsp3) is 0.364. The van der Waals surface area contributed by atoms with Crippen LogP contribution in [0.3, 0.4) is 0 Å². The Hall–Kier alpha value is -1.31. The van der Waals surface area contributed by atoms with Crippen molar-refractivity contribution >= 4 is 5.84 Å². The van der Waals surface area contributed by atoms with E-state index >= 15 is 0 Å². The van der Waals surface area contributed by atoms with Crippen molar-refractivity contribution in [2.45, 2.75) is 20.3 Å². The van der Waals surface area contributed by atoms with Crippen molar-refractivity contribution in [1.82, 2.24) is 0 Å². The topological polar surface area (TPSA) is 38.4 Å². The van der Waals surface area contributed by atoms with Crippen molar-refractivity contribution in [3.05, 3.63) is 36.1 Å². The van der Waals surface area contributed by atoms with Crippen molar-refractivity contribution in [3.63, 3.8) is 0 Å². The highest BCUT2D eigenvalue weighted by Crippen LogP contribution is 2.15. The number of hydrogen-bond acceptors (Lipinski definition) is 1. The number of hydrogen-bond donors (Lipinski definition) is 1. The minimum atomic E-state index is 0.598. The van der Waals surface area contributed by atoms with E-state index in [2.05, 4.69) is 24.1 Å². The van der Waals surface area contributed by atoms with Gasteiger partial charge in [-0.1, -0.05) is 31.2 Å². The van der Waals surface area contributed by atoms with E-state index in [0.717, 1.165) is 12.0 Å². The van der Waals surface area contributed by atoms with Crippen LogP contribution in [0.4, 0.5) is 0 Å². The van der Waals surface area contributed by atoms with Crippen molar-refractivity contribution < 1.29 is 0 Å². The lowest BCUT2D eigenvalue weighted by atomic mass is 9.98. The second-order valence-corrected chi connectivity index (χ2v) is 3.23. The van der Waals surface area contributed by atoms with Crippen LogP contribution in [0.25, 0.3) is 0 Å². The van der Waals surface area contributed by atoms with Crippen LogP contribution in [0.15, 0.2) is 41.1 Å². The maximum absolute atomic E-state index is 5.76. The first-order valence-corrected chi connectivity index (χ1v) is 4.57. The van der Waals surface area contributed by atoms with Gasteiger partial charge in [0.15, 0.2) is 0 Å². The molecule has 1 aliphatic rings. The van der Waals surface area contributed by atoms with Gasteiger partial charge in [0.25, 0.3) is 0 Å². The van der Waals surface area contributed by atoms with Gasteiger partial charge in [-0.25, -0.2) is 4.99 Å². The molecule has 0 spiro atoms. The molecular weight excluding hydrogens is 160 g/mol. The third-order valence-electron chi connectivity index (χ3n) is 1.97. The van der Waals surface area contributed by atoms with Crippen molar-refractivity contribution in [2.24, 2.45) is 16.6 Å². The zero-order chi connectivity index (χ0) is 9.68. The summed E-state index contributed by atoms with van der Waals surface area (Å²) in [6.45, 7) is 4.10. The van der Waals surface area contributed by atoms with Crippen LogP contribution in [0.2, 0.25) is 0 Å². The predicted molar refractivity (Wildman–Crippen MR) is 57.4 cm³/mol. The zero-order valence-corrected chi connectivity index (χ0v) is 8.20. The first-order chi connectivity index (χ1) is 6.24. The van der Waals surface area contributed by atoms with Gasteiger partial charge < -0.3 is 5.73 Å². The average molecular weight is 176 g/mol. The van der Waals surface area contributed by atoms with E-state index in [-0.39, 0.29) is 0 Å². The van der Waals surface area contributed by atoms with E-state index < -0.39 is 0 Å². The van der Waals surface area contributed by atoms with Crippen molar-refractivity contribution in [1.29, 1.82) is 0 Å². The number of amidine groups is 1. The third kappa shape index (κ3) is 2.90. The summed E-state index contributed by atoms with van der Waals surface area (Å²) < 4.78 is 0. The molecule has 0 saturated carbocycles. The second-order valence-electron chi connectivity index (χ2n) is 3.23. The molecule has 70 valence electrons. The standard InChI is InChI=1S/C11H16N2/c1-3-8-13-11(12)10-6-4-9(2)5-7-10/h3-4,6-9H,5H2,1-2H3,(H2,12,13)/b8-3-. The molecule has 2 nitrogen and oxygen atoms in total. The maximum Gasteiger partial charge on any atom is 0.130 e. The Bertz CT molecular complexity index is 282. The number of allylic oxidation sites excluding steroid dienone is 3. The molecule has 0 aromatic carbocycles. The highest BCUT2D eigenvalue weighted by Gasteiger charge is 2.05. The van der Waals surface area contributed by atoms with Crippen LogP contribution in [0.5, 0.6) is 0 Å². The van der Waals surface area contributed by atoms with Gasteiger partial charge in [-0.2, -0.15) is 0 Å². The van der Waals surface area contributed by atoms with Crippen molar-refractivity contribution in [2.75, 3.05) is 0 Å². The minimum Gasteiger partial charge on any atom is -0.383 e. The molecule has 1 rings (SSSR count). The first kappa shape index (κ1) is 9.78. The highest BCUT2D eigenvalue weighted by atomic mass is 14.8. The van der Waals surface area contributed by atoms with Crippen LogP contribution in [0, 0.1) is 5.92 Å². The Labute approximate surface area is 79.5 Å². The molecule has 0 bridgehead atoms. The molecule has 2 N–H and O–H groups in total. The van der Waals surface area contributed by atoms with Gasteiger partial charge in [-0.05, 0) is 19.3 Å². The minimum absolute atomic E-state index is 0.598. The summed E-state index contributed by atoms with van der Waals surface area (Å²) in [5.74, 6) is 1.22. The van der Waals surface area contributed by atoms with Gasteiger partial charge in [0.1, 0.15) is 5.84 Å². The van der Waals surface area contributed by atoms with E-state index in [0.29, 0.717) is 11.8 Å². The SMILES string of the molecule is C/C=C\N=C(N)C1=CCC(C)C=C1. The first-order valence-electron chi connectivity index (χ1n) is 4.57. The Balaban J connectivity index is 2.69. The Morgan fingerprint density at radius 1 is 1.69 bits per heavy atom. The summed E-state index contributed by atoms with van der Waals surface area (Å²) in [6, 6.07) is 0. The normalized spacial score (nSPS) is 23.7. The van der Waals surface area contributed by atoms with Gasteiger partial charge in [0, 0.05) is 11.8 Å². The Kier molecular flexibility index (Phi) is 3.50. The summed E-state index contributed by atoms with van der Waals surface area (Å²) in [4.78, 5) is 4.09. The summed E-state index contributed by atoms with van der Waals surface area (Å²) in [5.41, 5.74) is 6.80. The second kappa shape index (κ2) is 4.65.